The lowest BCUT2D eigenvalue weighted by Gasteiger charge is -2.41. The molecule has 29 heavy (non-hydrogen) atoms. The third-order valence-electron chi connectivity index (χ3n) is 5.74. The van der Waals surface area contributed by atoms with Crippen molar-refractivity contribution in [2.24, 2.45) is 11.7 Å². The van der Waals surface area contributed by atoms with Crippen molar-refractivity contribution in [2.45, 2.75) is 58.0 Å². The van der Waals surface area contributed by atoms with Crippen LogP contribution in [-0.2, 0) is 5.41 Å². The quantitative estimate of drug-likeness (QED) is 0.617. The monoisotopic (exact) mass is 400 g/mol. The second kappa shape index (κ2) is 9.40. The molecule has 3 N–H and O–H groups in total. The Morgan fingerprint density at radius 1 is 1.28 bits per heavy atom. The summed E-state index contributed by atoms with van der Waals surface area (Å²) in [6.45, 7) is 8.08. The van der Waals surface area contributed by atoms with Gasteiger partial charge in [0.2, 0.25) is 0 Å². The number of nitrogens with zero attached hydrogens (tertiary/aromatic N) is 1. The summed E-state index contributed by atoms with van der Waals surface area (Å²) in [5.41, 5.74) is 7.01. The summed E-state index contributed by atoms with van der Waals surface area (Å²) >= 11 is 0. The molecule has 0 aliphatic carbocycles. The summed E-state index contributed by atoms with van der Waals surface area (Å²) in [7, 11) is 1.57. The van der Waals surface area contributed by atoms with Crippen molar-refractivity contribution >= 4 is 6.08 Å². The number of methoxy groups -OCH3 is 1. The second-order valence-corrected chi connectivity index (χ2v) is 8.49. The highest BCUT2D eigenvalue weighted by Gasteiger charge is 2.40. The summed E-state index contributed by atoms with van der Waals surface area (Å²) in [4.78, 5) is 4.01. The average molecular weight is 401 g/mol. The van der Waals surface area contributed by atoms with Gasteiger partial charge in [-0.1, -0.05) is 34.1 Å². The van der Waals surface area contributed by atoms with Gasteiger partial charge in [-0.3, -0.25) is 4.98 Å². The van der Waals surface area contributed by atoms with Crippen LogP contribution >= 0.6 is 0 Å². The van der Waals surface area contributed by atoms with Gasteiger partial charge in [0.05, 0.1) is 12.7 Å². The fourth-order valence-corrected chi connectivity index (χ4v) is 3.94. The fourth-order valence-electron chi connectivity index (χ4n) is 3.94. The number of pyridine rings is 1. The van der Waals surface area contributed by atoms with E-state index in [0.29, 0.717) is 24.3 Å². The van der Waals surface area contributed by atoms with Crippen LogP contribution in [0.2, 0.25) is 0 Å². The van der Waals surface area contributed by atoms with Gasteiger partial charge >= 0.3 is 0 Å². The lowest BCUT2D eigenvalue weighted by atomic mass is 9.69. The Balaban J connectivity index is 2.36. The van der Waals surface area contributed by atoms with E-state index in [9.17, 15) is 9.50 Å². The Morgan fingerprint density at radius 2 is 1.93 bits per heavy atom. The van der Waals surface area contributed by atoms with Gasteiger partial charge in [0.25, 0.3) is 0 Å². The largest absolute Gasteiger partial charge is 0.496 e. The van der Waals surface area contributed by atoms with E-state index in [-0.39, 0.29) is 11.7 Å². The van der Waals surface area contributed by atoms with Crippen LogP contribution in [0.15, 0.2) is 48.4 Å². The molecule has 0 saturated carbocycles. The van der Waals surface area contributed by atoms with Crippen LogP contribution in [0.1, 0.15) is 58.1 Å². The first-order valence-corrected chi connectivity index (χ1v) is 10.0. The smallest absolute Gasteiger partial charge is 0.123 e. The van der Waals surface area contributed by atoms with Crippen LogP contribution in [0.5, 0.6) is 5.75 Å². The zero-order chi connectivity index (χ0) is 21.7. The van der Waals surface area contributed by atoms with Crippen molar-refractivity contribution in [2.75, 3.05) is 7.11 Å². The topological polar surface area (TPSA) is 68.4 Å². The number of aromatic nitrogens is 1. The third kappa shape index (κ3) is 5.80. The van der Waals surface area contributed by atoms with Crippen molar-refractivity contribution in [1.29, 1.82) is 0 Å². The van der Waals surface area contributed by atoms with Crippen molar-refractivity contribution in [3.8, 4) is 5.75 Å². The van der Waals surface area contributed by atoms with E-state index < -0.39 is 11.0 Å². The van der Waals surface area contributed by atoms with Gasteiger partial charge in [-0.15, -0.1) is 0 Å². The molecule has 1 heterocycles. The molecule has 2 atom stereocenters. The summed E-state index contributed by atoms with van der Waals surface area (Å²) in [6, 6.07) is 8.25. The number of ether oxygens (including phenoxy) is 1. The predicted octanol–water partition coefficient (Wildman–Crippen LogP) is 5.06. The lowest BCUT2D eigenvalue weighted by molar-refractivity contribution is -0.0361. The van der Waals surface area contributed by atoms with E-state index in [1.54, 1.807) is 25.6 Å². The van der Waals surface area contributed by atoms with Crippen LogP contribution in [0.3, 0.4) is 0 Å². The summed E-state index contributed by atoms with van der Waals surface area (Å²) in [5, 5.41) is 11.7. The molecular formula is C24H33FN2O2. The zero-order valence-corrected chi connectivity index (χ0v) is 18.1. The first-order chi connectivity index (χ1) is 13.6. The zero-order valence-electron chi connectivity index (χ0n) is 18.1. The van der Waals surface area contributed by atoms with Gasteiger partial charge in [-0.05, 0) is 59.7 Å². The van der Waals surface area contributed by atoms with Crippen molar-refractivity contribution < 1.29 is 14.2 Å². The number of benzene rings is 1. The van der Waals surface area contributed by atoms with Crippen LogP contribution in [0.25, 0.3) is 6.08 Å². The van der Waals surface area contributed by atoms with Gasteiger partial charge in [0.1, 0.15) is 11.6 Å². The van der Waals surface area contributed by atoms with Gasteiger partial charge < -0.3 is 15.6 Å². The number of nitrogens with two attached hydrogens (primary N) is 1. The van der Waals surface area contributed by atoms with Gasteiger partial charge in [0, 0.05) is 30.1 Å². The normalized spacial score (nSPS) is 15.6. The van der Waals surface area contributed by atoms with Crippen molar-refractivity contribution in [3.63, 3.8) is 0 Å². The Labute approximate surface area is 173 Å². The first kappa shape index (κ1) is 22.9. The minimum atomic E-state index is -1.05. The standard InChI is InChI=1S/C24H33FN2O2/c1-6-17(2)24(28,15-20(26)13-18-9-11-27-12-10-18)16-23(3,4)21-14-19(25)7-8-22(21)29-5/h7-14,17,28H,6,15-16,26H2,1-5H3/b20-13-. The minimum absolute atomic E-state index is 0.00530. The molecule has 158 valence electrons. The van der Waals surface area contributed by atoms with Crippen molar-refractivity contribution in [1.82, 2.24) is 4.98 Å². The third-order valence-corrected chi connectivity index (χ3v) is 5.74. The van der Waals surface area contributed by atoms with Gasteiger partial charge in [-0.2, -0.15) is 0 Å². The number of aliphatic hydroxyl groups is 1. The summed E-state index contributed by atoms with van der Waals surface area (Å²) in [5.74, 6) is 0.298. The molecule has 2 rings (SSSR count). The summed E-state index contributed by atoms with van der Waals surface area (Å²) < 4.78 is 19.4. The van der Waals surface area contributed by atoms with Gasteiger partial charge in [-0.25, -0.2) is 4.39 Å². The van der Waals surface area contributed by atoms with Crippen LogP contribution < -0.4 is 10.5 Å². The number of hydrogen-bond donors (Lipinski definition) is 2. The molecule has 4 nitrogen and oxygen atoms in total. The predicted molar refractivity (Wildman–Crippen MR) is 116 cm³/mol. The van der Waals surface area contributed by atoms with Crippen LogP contribution in [0.4, 0.5) is 4.39 Å². The van der Waals surface area contributed by atoms with Gasteiger partial charge in [0.15, 0.2) is 0 Å². The van der Waals surface area contributed by atoms with E-state index >= 15 is 0 Å². The second-order valence-electron chi connectivity index (χ2n) is 8.49. The highest BCUT2D eigenvalue weighted by Crippen LogP contribution is 2.42. The molecule has 0 saturated heterocycles. The Hall–Kier alpha value is -2.40. The fraction of sp³-hybridized carbons (Fsp3) is 0.458. The molecule has 0 aliphatic heterocycles. The van der Waals surface area contributed by atoms with Crippen LogP contribution in [0, 0.1) is 11.7 Å². The van der Waals surface area contributed by atoms with E-state index in [2.05, 4.69) is 4.98 Å². The number of hydrogen-bond acceptors (Lipinski definition) is 4. The molecule has 0 fully saturated rings. The van der Waals surface area contributed by atoms with E-state index in [4.69, 9.17) is 10.5 Å². The molecule has 0 amide bonds. The highest BCUT2D eigenvalue weighted by molar-refractivity contribution is 5.51. The molecule has 2 unspecified atom stereocenters. The van der Waals surface area contributed by atoms with E-state index in [0.717, 1.165) is 17.5 Å². The Kier molecular flexibility index (Phi) is 7.42. The summed E-state index contributed by atoms with van der Waals surface area (Å²) in [6.07, 6.45) is 6.82. The number of halogens is 1. The average Bonchev–Trinajstić information content (AvgIpc) is 2.67. The van der Waals surface area contributed by atoms with E-state index in [1.807, 2.05) is 45.9 Å². The molecule has 1 aromatic heterocycles. The molecule has 5 heteroatoms. The molecule has 0 spiro atoms. The highest BCUT2D eigenvalue weighted by atomic mass is 19.1. The minimum Gasteiger partial charge on any atom is -0.496 e. The number of rotatable bonds is 9. The van der Waals surface area contributed by atoms with Crippen molar-refractivity contribution in [3.05, 3.63) is 65.4 Å². The SMILES string of the molecule is CCC(C)C(O)(C/C(N)=C/c1ccncc1)CC(C)(C)c1cc(F)ccc1OC. The molecule has 0 aliphatic rings. The maximum Gasteiger partial charge on any atom is 0.123 e. The molecule has 2 aromatic rings. The Morgan fingerprint density at radius 3 is 2.52 bits per heavy atom. The maximum atomic E-state index is 14.0. The molecular weight excluding hydrogens is 367 g/mol. The van der Waals surface area contributed by atoms with Crippen LogP contribution in [-0.4, -0.2) is 22.8 Å². The lowest BCUT2D eigenvalue weighted by Crippen LogP contribution is -2.43. The first-order valence-electron chi connectivity index (χ1n) is 10.0. The Bertz CT molecular complexity index is 836. The molecule has 1 aromatic carbocycles. The molecule has 0 radical (unpaired) electrons. The molecule has 0 bridgehead atoms. The maximum absolute atomic E-state index is 14.0. The van der Waals surface area contributed by atoms with E-state index in [1.165, 1.54) is 12.1 Å².